The molecule has 2 atom stereocenters. The van der Waals surface area contributed by atoms with Crippen LogP contribution >= 0.6 is 0 Å². The van der Waals surface area contributed by atoms with E-state index in [2.05, 4.69) is 146 Å². The van der Waals surface area contributed by atoms with Gasteiger partial charge in [0.15, 0.2) is 17.5 Å². The first-order chi connectivity index (χ1) is 27.7. The summed E-state index contributed by atoms with van der Waals surface area (Å²) in [6.45, 7) is 0. The zero-order valence-corrected chi connectivity index (χ0v) is 30.7. The van der Waals surface area contributed by atoms with Crippen molar-refractivity contribution in [1.82, 2.24) is 19.9 Å². The Morgan fingerprint density at radius 2 is 0.839 bits per heavy atom. The zero-order valence-electron chi connectivity index (χ0n) is 30.7. The van der Waals surface area contributed by atoms with Crippen LogP contribution in [0.15, 0.2) is 193 Å². The normalized spacial score (nSPS) is 16.3. The number of rotatable bonds is 6. The molecular formula is C52H36N4. The van der Waals surface area contributed by atoms with Crippen LogP contribution in [0.5, 0.6) is 0 Å². The van der Waals surface area contributed by atoms with Gasteiger partial charge in [0, 0.05) is 39.7 Å². The van der Waals surface area contributed by atoms with Crippen LogP contribution in [0.1, 0.15) is 46.9 Å². The van der Waals surface area contributed by atoms with Crippen LogP contribution in [-0.2, 0) is 0 Å². The van der Waals surface area contributed by atoms with E-state index >= 15 is 0 Å². The molecule has 4 heteroatoms. The molecule has 4 aliphatic carbocycles. The fourth-order valence-electron chi connectivity index (χ4n) is 8.96. The van der Waals surface area contributed by atoms with Gasteiger partial charge >= 0.3 is 0 Å². The molecule has 56 heavy (non-hydrogen) atoms. The largest absolute Gasteiger partial charge is 0.248 e. The number of pyridine rings is 1. The molecular weight excluding hydrogens is 681 g/mol. The quantitative estimate of drug-likeness (QED) is 0.172. The third-order valence-corrected chi connectivity index (χ3v) is 11.6. The Morgan fingerprint density at radius 1 is 0.357 bits per heavy atom. The van der Waals surface area contributed by atoms with Gasteiger partial charge in [-0.2, -0.15) is 0 Å². The van der Waals surface area contributed by atoms with E-state index in [4.69, 9.17) is 19.9 Å². The molecule has 0 saturated heterocycles. The summed E-state index contributed by atoms with van der Waals surface area (Å²) in [7, 11) is 0. The Hall–Kier alpha value is -7.04. The first-order valence-electron chi connectivity index (χ1n) is 19.4. The van der Waals surface area contributed by atoms with E-state index in [1.807, 2.05) is 36.4 Å². The van der Waals surface area contributed by atoms with Gasteiger partial charge in [0.2, 0.25) is 0 Å². The monoisotopic (exact) mass is 716 g/mol. The highest BCUT2D eigenvalue weighted by atomic mass is 15.0. The van der Waals surface area contributed by atoms with Crippen LogP contribution in [-0.4, -0.2) is 19.9 Å². The Bertz CT molecular complexity index is 2840. The SMILES string of the molecule is C1=CC2=C(CC1)C1c3ccccc3C2c2cc(-c3cccc(-c4ccc(-c5nc(-c6ccccc6)nc(-c6ccc(-c7ccccc7)cc6)n5)cc4)n3)ccc21. The molecule has 12 rings (SSSR count). The van der Waals surface area contributed by atoms with Crippen LogP contribution in [0.2, 0.25) is 0 Å². The number of allylic oxidation sites excluding steroid dienone is 4. The van der Waals surface area contributed by atoms with Gasteiger partial charge in [-0.3, -0.25) is 0 Å². The molecule has 6 aromatic carbocycles. The molecule has 8 aromatic rings. The van der Waals surface area contributed by atoms with Crippen LogP contribution < -0.4 is 0 Å². The summed E-state index contributed by atoms with van der Waals surface area (Å²) in [5, 5.41) is 0. The minimum Gasteiger partial charge on any atom is -0.248 e. The lowest BCUT2D eigenvalue weighted by Crippen LogP contribution is -2.28. The minimum atomic E-state index is 0.278. The minimum absolute atomic E-state index is 0.278. The molecule has 2 heterocycles. The van der Waals surface area contributed by atoms with Gasteiger partial charge in [0.25, 0.3) is 0 Å². The standard InChI is InChI=1S/C52H36N4/c1-3-12-33(13-4-1)34-22-26-37(27-23-34)51-54-50(36-14-5-2-6-15-36)55-52(56-51)38-28-24-35(25-29-38)46-20-11-21-47(53-46)39-30-31-44-45(32-39)49-42-18-9-7-16-40(42)48(44)41-17-8-10-19-43(41)49/h1-7,9-16,18-32,48-49H,8,17H2. The summed E-state index contributed by atoms with van der Waals surface area (Å²) >= 11 is 0. The maximum Gasteiger partial charge on any atom is 0.164 e. The first-order valence-corrected chi connectivity index (χ1v) is 19.4. The van der Waals surface area contributed by atoms with Crippen molar-refractivity contribution >= 4 is 0 Å². The number of hydrogen-bond donors (Lipinski definition) is 0. The van der Waals surface area contributed by atoms with Gasteiger partial charge in [0.05, 0.1) is 11.4 Å². The van der Waals surface area contributed by atoms with Crippen molar-refractivity contribution in [2.45, 2.75) is 24.7 Å². The summed E-state index contributed by atoms with van der Waals surface area (Å²) in [6, 6.07) is 59.8. The number of hydrogen-bond acceptors (Lipinski definition) is 4. The molecule has 0 fully saturated rings. The molecule has 4 aliphatic rings. The molecule has 0 aliphatic heterocycles. The van der Waals surface area contributed by atoms with Crippen LogP contribution in [0.4, 0.5) is 0 Å². The van der Waals surface area contributed by atoms with Crippen LogP contribution in [0.3, 0.4) is 0 Å². The fourth-order valence-corrected chi connectivity index (χ4v) is 8.96. The van der Waals surface area contributed by atoms with Crippen molar-refractivity contribution in [2.75, 3.05) is 0 Å². The van der Waals surface area contributed by atoms with E-state index in [9.17, 15) is 0 Å². The van der Waals surface area contributed by atoms with E-state index in [1.165, 1.54) is 33.4 Å². The topological polar surface area (TPSA) is 51.6 Å². The first kappa shape index (κ1) is 32.4. The smallest absolute Gasteiger partial charge is 0.164 e. The Balaban J connectivity index is 0.918. The van der Waals surface area contributed by atoms with Gasteiger partial charge in [-0.25, -0.2) is 19.9 Å². The summed E-state index contributed by atoms with van der Waals surface area (Å²) in [4.78, 5) is 20.1. The van der Waals surface area contributed by atoms with Crippen molar-refractivity contribution in [3.63, 3.8) is 0 Å². The van der Waals surface area contributed by atoms with Gasteiger partial charge in [-0.1, -0.05) is 169 Å². The Labute approximate surface area is 326 Å². The highest BCUT2D eigenvalue weighted by Crippen LogP contribution is 2.58. The van der Waals surface area contributed by atoms with Gasteiger partial charge in [-0.15, -0.1) is 0 Å². The molecule has 264 valence electrons. The summed E-state index contributed by atoms with van der Waals surface area (Å²) < 4.78 is 0. The average Bonchev–Trinajstić information content (AvgIpc) is 3.29. The predicted molar refractivity (Wildman–Crippen MR) is 226 cm³/mol. The third-order valence-electron chi connectivity index (χ3n) is 11.6. The van der Waals surface area contributed by atoms with E-state index < -0.39 is 0 Å². The Morgan fingerprint density at radius 3 is 1.50 bits per heavy atom. The lowest BCUT2D eigenvalue weighted by Gasteiger charge is -2.44. The van der Waals surface area contributed by atoms with Gasteiger partial charge in [0.1, 0.15) is 0 Å². The van der Waals surface area contributed by atoms with Crippen molar-refractivity contribution in [3.05, 3.63) is 215 Å². The summed E-state index contributed by atoms with van der Waals surface area (Å²) in [6.07, 6.45) is 7.03. The molecule has 0 saturated carbocycles. The second kappa shape index (κ2) is 13.4. The van der Waals surface area contributed by atoms with Crippen molar-refractivity contribution < 1.29 is 0 Å². The molecule has 0 radical (unpaired) electrons. The maximum atomic E-state index is 5.22. The predicted octanol–water partition coefficient (Wildman–Crippen LogP) is 12.5. The average molecular weight is 717 g/mol. The molecule has 0 spiro atoms. The summed E-state index contributed by atoms with van der Waals surface area (Å²) in [5.41, 5.74) is 18.2. The number of nitrogens with zero attached hydrogens (tertiary/aromatic N) is 4. The zero-order chi connectivity index (χ0) is 37.0. The fraction of sp³-hybridized carbons (Fsp3) is 0.0769. The third kappa shape index (κ3) is 5.53. The van der Waals surface area contributed by atoms with E-state index in [1.54, 1.807) is 5.57 Å². The molecule has 2 aromatic heterocycles. The van der Waals surface area contributed by atoms with E-state index in [0.29, 0.717) is 23.4 Å². The lowest BCUT2D eigenvalue weighted by molar-refractivity contribution is 0.692. The van der Waals surface area contributed by atoms with Crippen molar-refractivity contribution in [2.24, 2.45) is 0 Å². The summed E-state index contributed by atoms with van der Waals surface area (Å²) in [5.74, 6) is 2.54. The molecule has 2 unspecified atom stereocenters. The highest BCUT2D eigenvalue weighted by molar-refractivity contribution is 5.75. The van der Waals surface area contributed by atoms with E-state index in [-0.39, 0.29) is 5.92 Å². The second-order valence-electron chi connectivity index (χ2n) is 14.9. The second-order valence-corrected chi connectivity index (χ2v) is 14.9. The Kier molecular flexibility index (Phi) is 7.73. The molecule has 0 N–H and O–H groups in total. The molecule has 0 amide bonds. The molecule has 4 nitrogen and oxygen atoms in total. The van der Waals surface area contributed by atoms with Gasteiger partial charge < -0.3 is 0 Å². The van der Waals surface area contributed by atoms with Crippen molar-refractivity contribution in [1.29, 1.82) is 0 Å². The lowest BCUT2D eigenvalue weighted by atomic mass is 9.59. The molecule has 2 bridgehead atoms. The van der Waals surface area contributed by atoms with Crippen LogP contribution in [0, 0.1) is 0 Å². The van der Waals surface area contributed by atoms with E-state index in [0.717, 1.165) is 57.6 Å². The van der Waals surface area contributed by atoms with Crippen LogP contribution in [0.25, 0.3) is 67.8 Å². The highest BCUT2D eigenvalue weighted by Gasteiger charge is 2.42. The van der Waals surface area contributed by atoms with Gasteiger partial charge in [-0.05, 0) is 70.0 Å². The number of benzene rings is 6. The maximum absolute atomic E-state index is 5.22. The number of aromatic nitrogens is 4. The van der Waals surface area contributed by atoms with Crippen molar-refractivity contribution in [3.8, 4) is 67.8 Å².